The monoisotopic (exact) mass is 479 g/mol. The number of hydrogen-bond donors (Lipinski definition) is 1. The molecule has 1 amide bonds. The number of pyridine rings is 1. The van der Waals surface area contributed by atoms with Crippen LogP contribution in [0, 0.1) is 0 Å². The highest BCUT2D eigenvalue weighted by Gasteiger charge is 2.28. The van der Waals surface area contributed by atoms with Crippen LogP contribution >= 0.6 is 0 Å². The molecule has 34 heavy (non-hydrogen) atoms. The number of methoxy groups -OCH3 is 1. The van der Waals surface area contributed by atoms with Gasteiger partial charge in [0.05, 0.1) is 28.8 Å². The highest BCUT2D eigenvalue weighted by atomic mass is 32.2. The lowest BCUT2D eigenvalue weighted by Crippen LogP contribution is -2.32. The fourth-order valence-corrected chi connectivity index (χ4v) is 6.08. The first-order valence-electron chi connectivity index (χ1n) is 11.9. The second kappa shape index (κ2) is 9.35. The van der Waals surface area contributed by atoms with Crippen molar-refractivity contribution in [2.45, 2.75) is 49.3 Å². The second-order valence-corrected chi connectivity index (χ2v) is 11.0. The average molecular weight is 480 g/mol. The third kappa shape index (κ3) is 4.52. The number of carbonyl (C=O) groups excluding carboxylic acids is 1. The van der Waals surface area contributed by atoms with E-state index < -0.39 is 10.0 Å². The summed E-state index contributed by atoms with van der Waals surface area (Å²) in [5.41, 5.74) is 2.56. The summed E-state index contributed by atoms with van der Waals surface area (Å²) in [5, 5.41) is 3.67. The minimum Gasteiger partial charge on any atom is -0.495 e. The molecule has 178 valence electrons. The number of sulfonamides is 1. The Bertz CT molecular complexity index is 1330. The van der Waals surface area contributed by atoms with Crippen molar-refractivity contribution < 1.29 is 17.9 Å². The first-order valence-corrected chi connectivity index (χ1v) is 13.3. The third-order valence-corrected chi connectivity index (χ3v) is 8.49. The summed E-state index contributed by atoms with van der Waals surface area (Å²) in [7, 11) is -2.16. The topological polar surface area (TPSA) is 88.6 Å². The number of benzene rings is 2. The maximum absolute atomic E-state index is 13.4. The van der Waals surface area contributed by atoms with E-state index in [9.17, 15) is 13.2 Å². The lowest BCUT2D eigenvalue weighted by molar-refractivity contribution is 0.102. The molecule has 0 bridgehead atoms. The molecule has 1 saturated carbocycles. The maximum Gasteiger partial charge on any atom is 0.256 e. The van der Waals surface area contributed by atoms with Crippen molar-refractivity contribution in [2.24, 2.45) is 0 Å². The first-order chi connectivity index (χ1) is 16.5. The molecule has 1 aromatic heterocycles. The molecule has 0 spiro atoms. The Morgan fingerprint density at radius 2 is 1.76 bits per heavy atom. The van der Waals surface area contributed by atoms with Gasteiger partial charge in [0.2, 0.25) is 10.0 Å². The zero-order chi connectivity index (χ0) is 23.7. The zero-order valence-electron chi connectivity index (χ0n) is 19.3. The van der Waals surface area contributed by atoms with Gasteiger partial charge in [-0.25, -0.2) is 8.42 Å². The zero-order valence-corrected chi connectivity index (χ0v) is 20.1. The first kappa shape index (κ1) is 22.8. The minimum atomic E-state index is -3.66. The quantitative estimate of drug-likeness (QED) is 0.541. The summed E-state index contributed by atoms with van der Waals surface area (Å²) in [4.78, 5) is 18.3. The molecule has 2 heterocycles. The number of carbonyl (C=O) groups is 1. The number of nitrogens with zero attached hydrogens (tertiary/aromatic N) is 2. The number of amides is 1. The number of nitrogens with one attached hydrogen (secondary N) is 1. The van der Waals surface area contributed by atoms with Crippen molar-refractivity contribution in [3.63, 3.8) is 0 Å². The molecular formula is C26H29N3O4S. The van der Waals surface area contributed by atoms with Crippen LogP contribution in [0.5, 0.6) is 5.75 Å². The third-order valence-electron chi connectivity index (χ3n) is 6.60. The molecule has 0 radical (unpaired) electrons. The van der Waals surface area contributed by atoms with E-state index in [2.05, 4.69) is 5.32 Å². The number of anilines is 1. The average Bonchev–Trinajstić information content (AvgIpc) is 3.71. The molecule has 2 aliphatic rings. The largest absolute Gasteiger partial charge is 0.495 e. The fraction of sp³-hybridized carbons (Fsp3) is 0.385. The summed E-state index contributed by atoms with van der Waals surface area (Å²) in [6, 6.07) is 14.1. The van der Waals surface area contributed by atoms with Crippen molar-refractivity contribution in [3.8, 4) is 5.75 Å². The van der Waals surface area contributed by atoms with E-state index in [1.165, 1.54) is 13.2 Å². The predicted octanol–water partition coefficient (Wildman–Crippen LogP) is 4.94. The number of fused-ring (bicyclic) bond motifs is 1. The molecular weight excluding hydrogens is 450 g/mol. The summed E-state index contributed by atoms with van der Waals surface area (Å²) in [6.07, 6.45) is 5.96. The number of ether oxygens (including phenoxy) is 1. The molecule has 2 aromatic carbocycles. The van der Waals surface area contributed by atoms with Crippen LogP contribution in [0.25, 0.3) is 10.9 Å². The van der Waals surface area contributed by atoms with Gasteiger partial charge in [-0.2, -0.15) is 4.31 Å². The van der Waals surface area contributed by atoms with Crippen molar-refractivity contribution in [1.29, 1.82) is 0 Å². The Morgan fingerprint density at radius 1 is 1.03 bits per heavy atom. The smallest absolute Gasteiger partial charge is 0.256 e. The lowest BCUT2D eigenvalue weighted by atomic mass is 10.1. The standard InChI is InChI=1S/C26H29N3O4S/c1-33-25-13-12-19(34(31,32)29-14-6-2-3-7-15-29)16-24(25)28-26(30)21-17-23(18-10-11-18)27-22-9-5-4-8-20(21)22/h4-5,8-9,12-13,16-18H,2-3,6-7,10-11,14-15H2,1H3,(H,28,30). The SMILES string of the molecule is COc1ccc(S(=O)(=O)N2CCCCCC2)cc1NC(=O)c1cc(C2CC2)nc2ccccc12. The predicted molar refractivity (Wildman–Crippen MR) is 132 cm³/mol. The fourth-order valence-electron chi connectivity index (χ4n) is 4.54. The van der Waals surface area contributed by atoms with Crippen LogP contribution in [0.3, 0.4) is 0 Å². The molecule has 1 N–H and O–H groups in total. The summed E-state index contributed by atoms with van der Waals surface area (Å²) >= 11 is 0. The Balaban J connectivity index is 1.49. The van der Waals surface area contributed by atoms with E-state index in [4.69, 9.17) is 9.72 Å². The van der Waals surface area contributed by atoms with E-state index in [1.807, 2.05) is 30.3 Å². The molecule has 3 aromatic rings. The van der Waals surface area contributed by atoms with E-state index >= 15 is 0 Å². The van der Waals surface area contributed by atoms with Crippen molar-refractivity contribution in [3.05, 3.63) is 59.8 Å². The van der Waals surface area contributed by atoms with Crippen LogP contribution < -0.4 is 10.1 Å². The van der Waals surface area contributed by atoms with Crippen LogP contribution in [0.1, 0.15) is 60.5 Å². The van der Waals surface area contributed by atoms with Gasteiger partial charge in [0.15, 0.2) is 0 Å². The van der Waals surface area contributed by atoms with Gasteiger partial charge in [0.1, 0.15) is 5.75 Å². The molecule has 5 rings (SSSR count). The Morgan fingerprint density at radius 3 is 2.47 bits per heavy atom. The number of aromatic nitrogens is 1. The van der Waals surface area contributed by atoms with Gasteiger partial charge in [-0.3, -0.25) is 9.78 Å². The van der Waals surface area contributed by atoms with Gasteiger partial charge < -0.3 is 10.1 Å². The minimum absolute atomic E-state index is 0.156. The molecule has 1 saturated heterocycles. The van der Waals surface area contributed by atoms with Crippen molar-refractivity contribution >= 4 is 32.5 Å². The van der Waals surface area contributed by atoms with Gasteiger partial charge in [-0.15, -0.1) is 0 Å². The molecule has 1 aliphatic carbocycles. The van der Waals surface area contributed by atoms with Crippen LogP contribution in [-0.4, -0.2) is 43.8 Å². The van der Waals surface area contributed by atoms with Gasteiger partial charge in [0.25, 0.3) is 5.91 Å². The van der Waals surface area contributed by atoms with Crippen LogP contribution in [-0.2, 0) is 10.0 Å². The summed E-state index contributed by atoms with van der Waals surface area (Å²) in [5.74, 6) is 0.486. The Kier molecular flexibility index (Phi) is 6.27. The van der Waals surface area contributed by atoms with Gasteiger partial charge in [0, 0.05) is 30.1 Å². The van der Waals surface area contributed by atoms with Crippen molar-refractivity contribution in [1.82, 2.24) is 9.29 Å². The molecule has 2 fully saturated rings. The van der Waals surface area contributed by atoms with Gasteiger partial charge >= 0.3 is 0 Å². The van der Waals surface area contributed by atoms with Gasteiger partial charge in [-0.05, 0) is 56.0 Å². The van der Waals surface area contributed by atoms with Crippen molar-refractivity contribution in [2.75, 3.05) is 25.5 Å². The molecule has 1 aliphatic heterocycles. The normalized spacial score (nSPS) is 17.3. The highest BCUT2D eigenvalue weighted by molar-refractivity contribution is 7.89. The van der Waals surface area contributed by atoms with E-state index in [-0.39, 0.29) is 10.8 Å². The summed E-state index contributed by atoms with van der Waals surface area (Å²) < 4.78 is 33.6. The van der Waals surface area contributed by atoms with Crippen LogP contribution in [0.2, 0.25) is 0 Å². The molecule has 7 nitrogen and oxygen atoms in total. The molecule has 8 heteroatoms. The number of para-hydroxylation sites is 1. The van der Waals surface area contributed by atoms with E-state index in [1.54, 1.807) is 16.4 Å². The summed E-state index contributed by atoms with van der Waals surface area (Å²) in [6.45, 7) is 1.03. The number of hydrogen-bond acceptors (Lipinski definition) is 5. The second-order valence-electron chi connectivity index (χ2n) is 9.02. The highest BCUT2D eigenvalue weighted by Crippen LogP contribution is 2.40. The molecule has 0 unspecified atom stereocenters. The number of rotatable bonds is 6. The molecule has 0 atom stereocenters. The Labute approximate surface area is 200 Å². The van der Waals surface area contributed by atoms with Crippen LogP contribution in [0.15, 0.2) is 53.4 Å². The van der Waals surface area contributed by atoms with Gasteiger partial charge in [-0.1, -0.05) is 31.0 Å². The lowest BCUT2D eigenvalue weighted by Gasteiger charge is -2.21. The maximum atomic E-state index is 13.4. The Hall–Kier alpha value is -2.97. The van der Waals surface area contributed by atoms with E-state index in [0.717, 1.165) is 55.1 Å². The van der Waals surface area contributed by atoms with Crippen LogP contribution in [0.4, 0.5) is 5.69 Å². The van der Waals surface area contributed by atoms with E-state index in [0.29, 0.717) is 36.0 Å².